The lowest BCUT2D eigenvalue weighted by Crippen LogP contribution is -2.61. The second kappa shape index (κ2) is 8.89. The Kier molecular flexibility index (Phi) is 6.34. The van der Waals surface area contributed by atoms with Gasteiger partial charge in [0.2, 0.25) is 5.91 Å². The largest absolute Gasteiger partial charge is 0.342 e. The minimum atomic E-state index is -0.229. The molecule has 0 bridgehead atoms. The predicted molar refractivity (Wildman–Crippen MR) is 137 cm³/mol. The smallest absolute Gasteiger partial charge is 0.319 e. The summed E-state index contributed by atoms with van der Waals surface area (Å²) in [5.41, 5.74) is 1.05. The first-order valence-electron chi connectivity index (χ1n) is 12.9. The first kappa shape index (κ1) is 24.2. The Morgan fingerprint density at radius 2 is 1.82 bits per heavy atom. The average molecular weight is 507 g/mol. The topological polar surface area (TPSA) is 61.4 Å². The van der Waals surface area contributed by atoms with Crippen molar-refractivity contribution in [1.29, 1.82) is 0 Å². The lowest BCUT2D eigenvalue weighted by Gasteiger charge is -2.61. The molecule has 186 valence electrons. The van der Waals surface area contributed by atoms with Crippen molar-refractivity contribution in [3.05, 3.63) is 28.2 Å². The van der Waals surface area contributed by atoms with E-state index in [-0.39, 0.29) is 16.9 Å². The first-order valence-corrected chi connectivity index (χ1v) is 13.7. The van der Waals surface area contributed by atoms with E-state index in [9.17, 15) is 9.59 Å². The van der Waals surface area contributed by atoms with E-state index in [0.29, 0.717) is 58.4 Å². The molecule has 7 heteroatoms. The van der Waals surface area contributed by atoms with Crippen molar-refractivity contribution >= 4 is 40.8 Å². The Morgan fingerprint density at radius 3 is 2.62 bits per heavy atom. The summed E-state index contributed by atoms with van der Waals surface area (Å²) in [5.74, 6) is 2.97. The number of nitrogens with zero attached hydrogens (tertiary/aromatic N) is 1. The zero-order valence-electron chi connectivity index (χ0n) is 20.5. The Bertz CT molecular complexity index is 987. The highest BCUT2D eigenvalue weighted by Gasteiger charge is 2.60. The van der Waals surface area contributed by atoms with E-state index >= 15 is 0 Å². The number of hydrogen-bond acceptors (Lipinski definition) is 2. The SMILES string of the molecule is CN1C(=O)CC[C@]2(C)[C@H]3CC[C@]4(C)[C@@H](CNC(=O)Nc5cccc(Cl)c5Cl)CC[C@H]4[C@@H]3CC[C@@H]12. The van der Waals surface area contributed by atoms with Crippen LogP contribution in [0.25, 0.3) is 0 Å². The summed E-state index contributed by atoms with van der Waals surface area (Å²) in [6.07, 6.45) is 8.99. The van der Waals surface area contributed by atoms with Gasteiger partial charge in [0.05, 0.1) is 15.7 Å². The van der Waals surface area contributed by atoms with Crippen LogP contribution in [0.15, 0.2) is 18.2 Å². The molecule has 0 radical (unpaired) electrons. The minimum absolute atomic E-state index is 0.229. The zero-order valence-corrected chi connectivity index (χ0v) is 22.0. The van der Waals surface area contributed by atoms with Crippen LogP contribution in [0.2, 0.25) is 10.0 Å². The number of likely N-dealkylation sites (tertiary alicyclic amines) is 1. The number of urea groups is 1. The van der Waals surface area contributed by atoms with E-state index in [1.54, 1.807) is 18.2 Å². The molecule has 4 fully saturated rings. The van der Waals surface area contributed by atoms with Gasteiger partial charge in [0.25, 0.3) is 0 Å². The first-order chi connectivity index (χ1) is 16.1. The molecule has 3 aliphatic carbocycles. The van der Waals surface area contributed by atoms with Gasteiger partial charge in [0.15, 0.2) is 0 Å². The molecule has 3 amide bonds. The fourth-order valence-electron chi connectivity index (χ4n) is 8.58. The number of benzene rings is 1. The fraction of sp³-hybridized carbons (Fsp3) is 0.704. The number of hydrogen-bond donors (Lipinski definition) is 2. The van der Waals surface area contributed by atoms with E-state index in [1.165, 1.54) is 32.1 Å². The van der Waals surface area contributed by atoms with Crippen LogP contribution in [-0.2, 0) is 4.79 Å². The van der Waals surface area contributed by atoms with Crippen LogP contribution in [0.5, 0.6) is 0 Å². The molecule has 1 aromatic carbocycles. The number of piperidine rings is 1. The summed E-state index contributed by atoms with van der Waals surface area (Å²) in [6.45, 7) is 5.63. The highest BCUT2D eigenvalue weighted by atomic mass is 35.5. The maximum Gasteiger partial charge on any atom is 0.319 e. The molecule has 1 aliphatic heterocycles. The summed E-state index contributed by atoms with van der Waals surface area (Å²) in [5, 5.41) is 6.76. The molecular weight excluding hydrogens is 469 g/mol. The molecule has 0 aromatic heterocycles. The van der Waals surface area contributed by atoms with Crippen molar-refractivity contribution in [3.8, 4) is 0 Å². The molecule has 2 N–H and O–H groups in total. The number of carbonyl (C=O) groups is 2. The third-order valence-electron chi connectivity index (χ3n) is 10.5. The van der Waals surface area contributed by atoms with Crippen molar-refractivity contribution in [2.45, 2.75) is 71.3 Å². The highest BCUT2D eigenvalue weighted by molar-refractivity contribution is 6.43. The molecule has 1 aromatic rings. The van der Waals surface area contributed by atoms with Gasteiger partial charge in [-0.25, -0.2) is 4.79 Å². The average Bonchev–Trinajstić information content (AvgIpc) is 3.14. The van der Waals surface area contributed by atoms with Crippen LogP contribution in [0.4, 0.5) is 10.5 Å². The number of anilines is 1. The van der Waals surface area contributed by atoms with Gasteiger partial charge in [-0.1, -0.05) is 43.1 Å². The molecule has 3 saturated carbocycles. The number of amides is 3. The van der Waals surface area contributed by atoms with E-state index in [4.69, 9.17) is 23.2 Å². The second-order valence-corrected chi connectivity index (χ2v) is 12.5. The molecule has 5 rings (SSSR count). The molecule has 4 aliphatic rings. The van der Waals surface area contributed by atoms with Crippen LogP contribution >= 0.6 is 23.2 Å². The van der Waals surface area contributed by atoms with E-state index in [1.807, 2.05) is 7.05 Å². The number of carbonyl (C=O) groups excluding carboxylic acids is 2. The molecule has 1 saturated heterocycles. The predicted octanol–water partition coefficient (Wildman–Crippen LogP) is 6.59. The van der Waals surface area contributed by atoms with Crippen LogP contribution in [0, 0.1) is 34.5 Å². The lowest BCUT2D eigenvalue weighted by atomic mass is 9.47. The van der Waals surface area contributed by atoms with Crippen LogP contribution in [0.3, 0.4) is 0 Å². The number of nitrogens with one attached hydrogen (secondary N) is 2. The third kappa shape index (κ3) is 3.82. The summed E-state index contributed by atoms with van der Waals surface area (Å²) in [4.78, 5) is 27.1. The number of fused-ring (bicyclic) bond motifs is 5. The van der Waals surface area contributed by atoms with Crippen molar-refractivity contribution in [1.82, 2.24) is 10.2 Å². The summed E-state index contributed by atoms with van der Waals surface area (Å²) in [7, 11) is 2.02. The van der Waals surface area contributed by atoms with Gasteiger partial charge in [0, 0.05) is 26.1 Å². The van der Waals surface area contributed by atoms with Gasteiger partial charge < -0.3 is 15.5 Å². The molecule has 0 unspecified atom stereocenters. The van der Waals surface area contributed by atoms with Crippen molar-refractivity contribution in [2.24, 2.45) is 34.5 Å². The normalized spacial score (nSPS) is 39.1. The Labute approximate surface area is 213 Å². The Morgan fingerprint density at radius 1 is 1.06 bits per heavy atom. The fourth-order valence-corrected chi connectivity index (χ4v) is 8.93. The molecule has 5 nitrogen and oxygen atoms in total. The maximum atomic E-state index is 12.6. The molecule has 7 atom stereocenters. The van der Waals surface area contributed by atoms with Gasteiger partial charge in [-0.2, -0.15) is 0 Å². The van der Waals surface area contributed by atoms with Crippen LogP contribution in [-0.4, -0.2) is 36.5 Å². The van der Waals surface area contributed by atoms with E-state index in [0.717, 1.165) is 18.8 Å². The van der Waals surface area contributed by atoms with Crippen molar-refractivity contribution < 1.29 is 9.59 Å². The minimum Gasteiger partial charge on any atom is -0.342 e. The Balaban J connectivity index is 1.24. The molecule has 34 heavy (non-hydrogen) atoms. The van der Waals surface area contributed by atoms with Gasteiger partial charge in [-0.15, -0.1) is 0 Å². The van der Waals surface area contributed by atoms with Gasteiger partial charge in [-0.3, -0.25) is 4.79 Å². The molecule has 0 spiro atoms. The number of rotatable bonds is 3. The standard InChI is InChI=1S/C27H37Cl2N3O2/c1-26-13-11-19-17(8-10-22-27(19,2)14-12-23(33)32(22)3)18(26)9-7-16(26)15-30-25(34)31-21-6-4-5-20(28)24(21)29/h4-6,16-19,22H,7-15H2,1-3H3,(H2,30,31,34)/t16-,17+,18+,19+,22-,26-,27-/m1/s1. The summed E-state index contributed by atoms with van der Waals surface area (Å²) in [6, 6.07) is 5.42. The van der Waals surface area contributed by atoms with E-state index < -0.39 is 0 Å². The second-order valence-electron chi connectivity index (χ2n) is 11.7. The zero-order chi connectivity index (χ0) is 24.3. The lowest BCUT2D eigenvalue weighted by molar-refractivity contribution is -0.158. The monoisotopic (exact) mass is 505 g/mol. The van der Waals surface area contributed by atoms with Gasteiger partial charge in [0.1, 0.15) is 0 Å². The van der Waals surface area contributed by atoms with Crippen LogP contribution < -0.4 is 10.6 Å². The quantitative estimate of drug-likeness (QED) is 0.486. The van der Waals surface area contributed by atoms with Crippen LogP contribution in [0.1, 0.15) is 65.2 Å². The van der Waals surface area contributed by atoms with Gasteiger partial charge >= 0.3 is 6.03 Å². The molecule has 1 heterocycles. The molecular formula is C27H37Cl2N3O2. The third-order valence-corrected chi connectivity index (χ3v) is 11.3. The van der Waals surface area contributed by atoms with Gasteiger partial charge in [-0.05, 0) is 91.6 Å². The number of halogens is 2. The van der Waals surface area contributed by atoms with E-state index in [2.05, 4.69) is 29.4 Å². The summed E-state index contributed by atoms with van der Waals surface area (Å²) >= 11 is 12.3. The van der Waals surface area contributed by atoms with Crippen molar-refractivity contribution in [3.63, 3.8) is 0 Å². The highest BCUT2D eigenvalue weighted by Crippen LogP contribution is 2.66. The summed E-state index contributed by atoms with van der Waals surface area (Å²) < 4.78 is 0. The van der Waals surface area contributed by atoms with Crippen molar-refractivity contribution in [2.75, 3.05) is 18.9 Å². The maximum absolute atomic E-state index is 12.6. The Hall–Kier alpha value is -1.46.